The molecule has 1 N–H and O–H groups in total. The smallest absolute Gasteiger partial charge is 0.333 e. The van der Waals surface area contributed by atoms with Crippen LogP contribution in [-0.4, -0.2) is 46.8 Å². The fourth-order valence-electron chi connectivity index (χ4n) is 5.66. The van der Waals surface area contributed by atoms with E-state index in [4.69, 9.17) is 19.3 Å². The summed E-state index contributed by atoms with van der Waals surface area (Å²) in [6, 6.07) is 0. The monoisotopic (exact) mass is 474 g/mol. The van der Waals surface area contributed by atoms with Gasteiger partial charge < -0.3 is 19.3 Å². The molecule has 1 heterocycles. The van der Waals surface area contributed by atoms with Gasteiger partial charge in [-0.15, -0.1) is 0 Å². The highest BCUT2D eigenvalue weighted by Gasteiger charge is 2.74. The van der Waals surface area contributed by atoms with Crippen LogP contribution >= 0.6 is 0 Å². The van der Waals surface area contributed by atoms with E-state index in [9.17, 15) is 19.2 Å². The fourth-order valence-corrected chi connectivity index (χ4v) is 5.66. The lowest BCUT2D eigenvalue weighted by Crippen LogP contribution is -2.65. The summed E-state index contributed by atoms with van der Waals surface area (Å²) in [6.45, 7) is 8.76. The molecular formula is C26H34O8. The second kappa shape index (κ2) is 9.39. The number of carbonyl (C=O) groups is 4. The van der Waals surface area contributed by atoms with Crippen molar-refractivity contribution < 1.29 is 38.5 Å². The first-order valence-electron chi connectivity index (χ1n) is 11.8. The number of hydrogen-bond acceptors (Lipinski definition) is 7. The molecule has 0 amide bonds. The Morgan fingerprint density at radius 3 is 2.59 bits per heavy atom. The number of aliphatic carboxylic acids is 1. The number of carboxylic acids is 1. The normalized spacial score (nSPS) is 33.1. The molecule has 2 bridgehead atoms. The third kappa shape index (κ3) is 4.42. The van der Waals surface area contributed by atoms with Crippen molar-refractivity contribution in [2.24, 2.45) is 17.3 Å². The van der Waals surface area contributed by atoms with Crippen LogP contribution in [0.2, 0.25) is 0 Å². The Labute approximate surface area is 200 Å². The molecule has 2 aliphatic carbocycles. The molecule has 4 atom stereocenters. The van der Waals surface area contributed by atoms with E-state index < -0.39 is 40.5 Å². The van der Waals surface area contributed by atoms with E-state index in [-0.39, 0.29) is 23.8 Å². The van der Waals surface area contributed by atoms with Crippen molar-refractivity contribution >= 4 is 23.9 Å². The van der Waals surface area contributed by atoms with Crippen LogP contribution in [0.4, 0.5) is 0 Å². The Morgan fingerprint density at radius 1 is 1.26 bits per heavy atom. The molecule has 0 spiro atoms. The van der Waals surface area contributed by atoms with Gasteiger partial charge in [0.2, 0.25) is 0 Å². The van der Waals surface area contributed by atoms with Crippen LogP contribution < -0.4 is 0 Å². The maximum atomic E-state index is 13.6. The van der Waals surface area contributed by atoms with Crippen molar-refractivity contribution in [3.63, 3.8) is 0 Å². The van der Waals surface area contributed by atoms with Gasteiger partial charge in [-0.3, -0.25) is 9.59 Å². The molecule has 0 aromatic carbocycles. The summed E-state index contributed by atoms with van der Waals surface area (Å²) in [5.74, 6) is -2.58. The summed E-state index contributed by atoms with van der Waals surface area (Å²) in [5, 5.41) is 9.10. The minimum atomic E-state index is -1.14. The van der Waals surface area contributed by atoms with Crippen LogP contribution in [0.5, 0.6) is 0 Å². The number of hydrogen-bond donors (Lipinski definition) is 1. The zero-order valence-electron chi connectivity index (χ0n) is 20.5. The number of allylic oxidation sites excluding steroid dienone is 3. The summed E-state index contributed by atoms with van der Waals surface area (Å²) >= 11 is 0. The fraction of sp³-hybridized carbons (Fsp3) is 0.615. The van der Waals surface area contributed by atoms with Gasteiger partial charge >= 0.3 is 23.9 Å². The van der Waals surface area contributed by atoms with Crippen molar-refractivity contribution in [3.8, 4) is 0 Å². The lowest BCUT2D eigenvalue weighted by Gasteiger charge is -2.54. The van der Waals surface area contributed by atoms with Gasteiger partial charge in [-0.1, -0.05) is 32.1 Å². The molecule has 1 aliphatic heterocycles. The topological polar surface area (TPSA) is 116 Å². The molecule has 8 heteroatoms. The van der Waals surface area contributed by atoms with Gasteiger partial charge in [-0.25, -0.2) is 9.59 Å². The van der Waals surface area contributed by atoms with E-state index in [2.05, 4.69) is 0 Å². The summed E-state index contributed by atoms with van der Waals surface area (Å²) in [6.07, 6.45) is 8.29. The number of cyclic esters (lactones) is 1. The molecule has 0 aromatic heterocycles. The van der Waals surface area contributed by atoms with Crippen LogP contribution in [-0.2, 0) is 33.4 Å². The van der Waals surface area contributed by atoms with Gasteiger partial charge in [0.1, 0.15) is 16.6 Å². The van der Waals surface area contributed by atoms with Gasteiger partial charge in [0, 0.05) is 24.0 Å². The van der Waals surface area contributed by atoms with Crippen molar-refractivity contribution in [2.75, 3.05) is 6.61 Å². The van der Waals surface area contributed by atoms with Gasteiger partial charge in [0.15, 0.2) is 0 Å². The van der Waals surface area contributed by atoms with E-state index in [1.54, 1.807) is 25.2 Å². The number of carbonyl (C=O) groups excluding carboxylic acids is 3. The van der Waals surface area contributed by atoms with Gasteiger partial charge in [0.05, 0.1) is 6.61 Å². The van der Waals surface area contributed by atoms with Crippen LogP contribution in [0.15, 0.2) is 35.5 Å². The first kappa shape index (κ1) is 25.7. The second-order valence-corrected chi connectivity index (χ2v) is 10.2. The molecule has 34 heavy (non-hydrogen) atoms. The van der Waals surface area contributed by atoms with Crippen LogP contribution in [0.25, 0.3) is 0 Å². The van der Waals surface area contributed by atoms with Gasteiger partial charge in [-0.2, -0.15) is 0 Å². The number of esters is 3. The maximum absolute atomic E-state index is 13.6. The van der Waals surface area contributed by atoms with Crippen molar-refractivity contribution in [1.29, 1.82) is 0 Å². The number of carboxylic acid groups (broad SMARTS) is 1. The van der Waals surface area contributed by atoms with Gasteiger partial charge in [0.25, 0.3) is 0 Å². The van der Waals surface area contributed by atoms with Gasteiger partial charge in [-0.05, 0) is 57.9 Å². The van der Waals surface area contributed by atoms with Crippen molar-refractivity contribution in [2.45, 2.75) is 77.9 Å². The predicted molar refractivity (Wildman–Crippen MR) is 122 cm³/mol. The standard InChI is InChI=1S/C26H34O8/c1-16(2)15-32-22(30)19-8-12-25-13-10-20(26(25,14-9-19)33-18(4)27)24(5,34-23(25)31)11-6-7-17(3)21(28)29/h6-8,11,16,20H,9-10,12-15H2,1-5H3,(H,28,29)/b11-6+,17-7+/t20-,24+,25+,26-/m0/s1. The minimum Gasteiger partial charge on any atom is -0.478 e. The Balaban J connectivity index is 1.99. The Bertz CT molecular complexity index is 973. The number of rotatable bonds is 7. The van der Waals surface area contributed by atoms with Crippen molar-refractivity contribution in [3.05, 3.63) is 35.5 Å². The van der Waals surface area contributed by atoms with E-state index in [0.29, 0.717) is 37.9 Å². The van der Waals surface area contributed by atoms with Crippen LogP contribution in [0, 0.1) is 17.3 Å². The largest absolute Gasteiger partial charge is 0.478 e. The SMILES string of the molecule is CC(=O)O[C@]12CCC(C(=O)OCC(C)C)=CC[C@]13CC[C@H]2[C@@](C)(/C=C/C=C(\C)C(=O)O)OC3=O. The zero-order chi connectivity index (χ0) is 25.3. The summed E-state index contributed by atoms with van der Waals surface area (Å²) in [4.78, 5) is 49.7. The highest BCUT2D eigenvalue weighted by Crippen LogP contribution is 2.65. The third-order valence-electron chi connectivity index (χ3n) is 7.34. The summed E-state index contributed by atoms with van der Waals surface area (Å²) in [5.41, 5.74) is -2.71. The Kier molecular flexibility index (Phi) is 7.10. The zero-order valence-corrected chi connectivity index (χ0v) is 20.5. The number of ether oxygens (including phenoxy) is 3. The molecule has 8 nitrogen and oxygen atoms in total. The molecular weight excluding hydrogens is 440 g/mol. The molecule has 0 unspecified atom stereocenters. The highest BCUT2D eigenvalue weighted by atomic mass is 16.6. The van der Waals surface area contributed by atoms with Crippen LogP contribution in [0.3, 0.4) is 0 Å². The molecule has 2 fully saturated rings. The Morgan fingerprint density at radius 2 is 1.97 bits per heavy atom. The van der Waals surface area contributed by atoms with Crippen molar-refractivity contribution in [1.82, 2.24) is 0 Å². The minimum absolute atomic E-state index is 0.140. The highest BCUT2D eigenvalue weighted by molar-refractivity contribution is 5.90. The molecule has 1 saturated carbocycles. The molecule has 186 valence electrons. The second-order valence-electron chi connectivity index (χ2n) is 10.2. The van der Waals surface area contributed by atoms with Crippen LogP contribution in [0.1, 0.15) is 66.7 Å². The Hall–Kier alpha value is -2.90. The van der Waals surface area contributed by atoms with E-state index in [0.717, 1.165) is 0 Å². The molecule has 0 radical (unpaired) electrons. The molecule has 3 rings (SSSR count). The molecule has 0 aromatic rings. The summed E-state index contributed by atoms with van der Waals surface area (Å²) < 4.78 is 17.4. The third-order valence-corrected chi connectivity index (χ3v) is 7.34. The van der Waals surface area contributed by atoms with E-state index in [1.807, 2.05) is 13.8 Å². The first-order chi connectivity index (χ1) is 15.9. The maximum Gasteiger partial charge on any atom is 0.333 e. The molecule has 3 aliphatic rings. The lowest BCUT2D eigenvalue weighted by molar-refractivity contribution is -0.235. The lowest BCUT2D eigenvalue weighted by atomic mass is 9.62. The predicted octanol–water partition coefficient (Wildman–Crippen LogP) is 3.90. The van der Waals surface area contributed by atoms with E-state index in [1.165, 1.54) is 19.9 Å². The average Bonchev–Trinajstić information content (AvgIpc) is 2.88. The summed E-state index contributed by atoms with van der Waals surface area (Å²) in [7, 11) is 0. The first-order valence-corrected chi connectivity index (χ1v) is 11.8. The quantitative estimate of drug-likeness (QED) is 0.256. The van der Waals surface area contributed by atoms with E-state index >= 15 is 0 Å². The average molecular weight is 475 g/mol. The molecule has 1 saturated heterocycles.